The van der Waals surface area contributed by atoms with E-state index in [9.17, 15) is 18.0 Å². The lowest BCUT2D eigenvalue weighted by Gasteiger charge is -2.09. The topological polar surface area (TPSA) is 80.1 Å². The van der Waals surface area contributed by atoms with Crippen LogP contribution in [0.5, 0.6) is 0 Å². The molecule has 1 heterocycles. The first-order valence-corrected chi connectivity index (χ1v) is 8.71. The number of anilines is 2. The highest BCUT2D eigenvalue weighted by Gasteiger charge is 2.16. The summed E-state index contributed by atoms with van der Waals surface area (Å²) in [7, 11) is 0. The van der Waals surface area contributed by atoms with Crippen molar-refractivity contribution < 1.29 is 22.4 Å². The van der Waals surface area contributed by atoms with E-state index in [-0.39, 0.29) is 28.7 Å². The Bertz CT molecular complexity index is 1210. The number of rotatable bonds is 4. The lowest BCUT2D eigenvalue weighted by atomic mass is 10.2. The van der Waals surface area contributed by atoms with Crippen LogP contribution in [0.15, 0.2) is 71.1 Å². The van der Waals surface area contributed by atoms with Gasteiger partial charge in [0.25, 0.3) is 5.89 Å². The third-order valence-electron chi connectivity index (χ3n) is 4.08. The molecular weight excluding hydrogens is 397 g/mol. The summed E-state index contributed by atoms with van der Waals surface area (Å²) in [6.45, 7) is 0. The van der Waals surface area contributed by atoms with Crippen molar-refractivity contribution in [3.8, 4) is 22.9 Å². The quantitative estimate of drug-likeness (QED) is 0.468. The summed E-state index contributed by atoms with van der Waals surface area (Å²) in [5.41, 5.74) is 0.647. The van der Waals surface area contributed by atoms with Crippen LogP contribution in [0.25, 0.3) is 22.9 Å². The van der Waals surface area contributed by atoms with Crippen LogP contribution in [0, 0.1) is 17.5 Å². The van der Waals surface area contributed by atoms with E-state index in [0.717, 1.165) is 18.2 Å². The van der Waals surface area contributed by atoms with Gasteiger partial charge in [0.15, 0.2) is 0 Å². The van der Waals surface area contributed by atoms with Crippen LogP contribution in [-0.4, -0.2) is 16.2 Å². The summed E-state index contributed by atoms with van der Waals surface area (Å²) in [5, 5.41) is 12.5. The Kier molecular flexibility index (Phi) is 5.17. The van der Waals surface area contributed by atoms with Gasteiger partial charge >= 0.3 is 6.03 Å². The van der Waals surface area contributed by atoms with Crippen LogP contribution < -0.4 is 10.6 Å². The molecule has 0 aliphatic carbocycles. The van der Waals surface area contributed by atoms with Gasteiger partial charge in [-0.05, 0) is 42.5 Å². The first-order chi connectivity index (χ1) is 14.5. The van der Waals surface area contributed by atoms with Gasteiger partial charge in [-0.25, -0.2) is 18.0 Å². The average molecular weight is 410 g/mol. The largest absolute Gasteiger partial charge is 0.416 e. The number of carbonyl (C=O) groups is 1. The van der Waals surface area contributed by atoms with Crippen molar-refractivity contribution >= 4 is 17.4 Å². The van der Waals surface area contributed by atoms with E-state index in [0.29, 0.717) is 11.6 Å². The number of benzene rings is 3. The summed E-state index contributed by atoms with van der Waals surface area (Å²) in [5.74, 6) is -2.18. The predicted molar refractivity (Wildman–Crippen MR) is 104 cm³/mol. The van der Waals surface area contributed by atoms with E-state index >= 15 is 0 Å². The Morgan fingerprint density at radius 2 is 1.57 bits per heavy atom. The molecule has 0 spiro atoms. The molecule has 150 valence electrons. The van der Waals surface area contributed by atoms with Crippen molar-refractivity contribution in [2.24, 2.45) is 0 Å². The van der Waals surface area contributed by atoms with Gasteiger partial charge in [0, 0.05) is 17.3 Å². The molecule has 1 aromatic heterocycles. The van der Waals surface area contributed by atoms with E-state index in [4.69, 9.17) is 4.42 Å². The Morgan fingerprint density at radius 1 is 0.800 bits per heavy atom. The number of nitrogens with one attached hydrogen (secondary N) is 2. The fraction of sp³-hybridized carbons (Fsp3) is 0. The van der Waals surface area contributed by atoms with E-state index in [1.807, 2.05) is 6.07 Å². The van der Waals surface area contributed by atoms with Crippen molar-refractivity contribution in [2.45, 2.75) is 0 Å². The summed E-state index contributed by atoms with van der Waals surface area (Å²) in [6, 6.07) is 14.6. The number of hydrogen-bond acceptors (Lipinski definition) is 4. The highest BCUT2D eigenvalue weighted by atomic mass is 19.1. The maximum atomic E-state index is 14.3. The van der Waals surface area contributed by atoms with Gasteiger partial charge in [-0.3, -0.25) is 0 Å². The molecule has 0 radical (unpaired) electrons. The van der Waals surface area contributed by atoms with Crippen molar-refractivity contribution in [2.75, 3.05) is 10.6 Å². The molecule has 0 aliphatic heterocycles. The minimum atomic E-state index is -0.927. The Hall–Kier alpha value is -4.14. The molecule has 30 heavy (non-hydrogen) atoms. The second kappa shape index (κ2) is 8.08. The zero-order valence-electron chi connectivity index (χ0n) is 15.2. The minimum absolute atomic E-state index is 0.0181. The molecular formula is C21H13F3N4O2. The highest BCUT2D eigenvalue weighted by molar-refractivity contribution is 6.00. The molecule has 0 aliphatic rings. The van der Waals surface area contributed by atoms with Gasteiger partial charge in [-0.2, -0.15) is 0 Å². The third kappa shape index (κ3) is 4.14. The minimum Gasteiger partial charge on any atom is -0.416 e. The maximum Gasteiger partial charge on any atom is 0.323 e. The lowest BCUT2D eigenvalue weighted by molar-refractivity contribution is 0.262. The van der Waals surface area contributed by atoms with Gasteiger partial charge in [-0.1, -0.05) is 18.2 Å². The molecule has 9 heteroatoms. The van der Waals surface area contributed by atoms with E-state index in [1.165, 1.54) is 12.1 Å². The summed E-state index contributed by atoms with van der Waals surface area (Å²) in [4.78, 5) is 12.1. The number of hydrogen-bond donors (Lipinski definition) is 2. The fourth-order valence-corrected chi connectivity index (χ4v) is 2.67. The van der Waals surface area contributed by atoms with Crippen molar-refractivity contribution in [1.29, 1.82) is 0 Å². The first kappa shape index (κ1) is 19.2. The van der Waals surface area contributed by atoms with Crippen LogP contribution in [0.4, 0.5) is 29.3 Å². The van der Waals surface area contributed by atoms with Crippen molar-refractivity contribution in [3.63, 3.8) is 0 Å². The Morgan fingerprint density at radius 3 is 2.33 bits per heavy atom. The first-order valence-electron chi connectivity index (χ1n) is 8.71. The number of urea groups is 1. The van der Waals surface area contributed by atoms with Gasteiger partial charge in [0.2, 0.25) is 5.89 Å². The number of carbonyl (C=O) groups excluding carboxylic acids is 1. The summed E-state index contributed by atoms with van der Waals surface area (Å²) >= 11 is 0. The number of halogens is 3. The van der Waals surface area contributed by atoms with Crippen LogP contribution in [0.2, 0.25) is 0 Å². The van der Waals surface area contributed by atoms with Gasteiger partial charge < -0.3 is 15.1 Å². The molecule has 4 rings (SSSR count). The SMILES string of the molecule is O=C(Nc1ccc(F)c(-c2nnc(-c3ccccc3)o2)c1)Nc1ccc(F)cc1F. The fourth-order valence-electron chi connectivity index (χ4n) is 2.67. The van der Waals surface area contributed by atoms with Crippen LogP contribution in [0.1, 0.15) is 0 Å². The summed E-state index contributed by atoms with van der Waals surface area (Å²) in [6.07, 6.45) is 0. The second-order valence-corrected chi connectivity index (χ2v) is 6.18. The van der Waals surface area contributed by atoms with Gasteiger partial charge in [0.1, 0.15) is 17.5 Å². The highest BCUT2D eigenvalue weighted by Crippen LogP contribution is 2.28. The molecule has 0 saturated carbocycles. The van der Waals surface area contributed by atoms with Crippen LogP contribution >= 0.6 is 0 Å². The monoisotopic (exact) mass is 410 g/mol. The smallest absolute Gasteiger partial charge is 0.323 e. The van der Waals surface area contributed by atoms with Gasteiger partial charge in [0.05, 0.1) is 11.3 Å². The van der Waals surface area contributed by atoms with E-state index in [2.05, 4.69) is 20.8 Å². The number of aromatic nitrogens is 2. The van der Waals surface area contributed by atoms with Crippen molar-refractivity contribution in [3.05, 3.63) is 84.2 Å². The molecule has 3 aromatic carbocycles. The van der Waals surface area contributed by atoms with E-state index in [1.54, 1.807) is 24.3 Å². The zero-order chi connectivity index (χ0) is 21.1. The van der Waals surface area contributed by atoms with Crippen LogP contribution in [-0.2, 0) is 0 Å². The van der Waals surface area contributed by atoms with Gasteiger partial charge in [-0.15, -0.1) is 10.2 Å². The molecule has 0 fully saturated rings. The maximum absolute atomic E-state index is 14.3. The van der Waals surface area contributed by atoms with Crippen LogP contribution in [0.3, 0.4) is 0 Å². The summed E-state index contributed by atoms with van der Waals surface area (Å²) < 4.78 is 46.5. The Labute approximate surface area is 168 Å². The Balaban J connectivity index is 1.53. The average Bonchev–Trinajstić information content (AvgIpc) is 3.22. The molecule has 2 amide bonds. The number of nitrogens with zero attached hydrogens (tertiary/aromatic N) is 2. The number of amides is 2. The predicted octanol–water partition coefficient (Wildman–Crippen LogP) is 5.46. The molecule has 4 aromatic rings. The van der Waals surface area contributed by atoms with E-state index < -0.39 is 23.5 Å². The zero-order valence-corrected chi connectivity index (χ0v) is 15.2. The standard InChI is InChI=1S/C21H13F3N4O2/c22-13-6-9-18(17(24)10-13)26-21(29)25-14-7-8-16(23)15(11-14)20-28-27-19(30-20)12-4-2-1-3-5-12/h1-11H,(H2,25,26,29). The molecule has 0 unspecified atom stereocenters. The second-order valence-electron chi connectivity index (χ2n) is 6.18. The molecule has 0 bridgehead atoms. The normalized spacial score (nSPS) is 10.6. The molecule has 2 N–H and O–H groups in total. The lowest BCUT2D eigenvalue weighted by Crippen LogP contribution is -2.20. The molecule has 0 saturated heterocycles. The third-order valence-corrected chi connectivity index (χ3v) is 4.08. The molecule has 0 atom stereocenters. The molecule has 6 nitrogen and oxygen atoms in total. The van der Waals surface area contributed by atoms with Crippen molar-refractivity contribution in [1.82, 2.24) is 10.2 Å².